The number of ether oxygens (including phenoxy) is 4. The van der Waals surface area contributed by atoms with Crippen molar-refractivity contribution < 1.29 is 80.2 Å². The second-order valence-corrected chi connectivity index (χ2v) is 25.6. The summed E-state index contributed by atoms with van der Waals surface area (Å²) in [7, 11) is -9.87. The maximum Gasteiger partial charge on any atom is 0.472 e. The molecule has 19 heteroatoms. The fraction of sp³-hybridized carbons (Fsp3) is 0.935. The first kappa shape index (κ1) is 79.1. The van der Waals surface area contributed by atoms with E-state index in [9.17, 15) is 43.2 Å². The van der Waals surface area contributed by atoms with E-state index < -0.39 is 97.5 Å². The van der Waals surface area contributed by atoms with Gasteiger partial charge in [0.25, 0.3) is 0 Å². The minimum Gasteiger partial charge on any atom is -0.462 e. The molecular weight excluding hydrogens is 1080 g/mol. The van der Waals surface area contributed by atoms with Crippen LogP contribution in [0, 0.1) is 5.92 Å². The predicted octanol–water partition coefficient (Wildman–Crippen LogP) is 17.0. The van der Waals surface area contributed by atoms with Gasteiger partial charge in [-0.25, -0.2) is 9.13 Å². The third kappa shape index (κ3) is 55.7. The second kappa shape index (κ2) is 55.9. The molecule has 0 fully saturated rings. The third-order valence-corrected chi connectivity index (χ3v) is 16.5. The summed E-state index contributed by atoms with van der Waals surface area (Å²) in [6, 6.07) is 0. The fourth-order valence-electron chi connectivity index (χ4n) is 9.20. The number of unbranched alkanes of at least 4 members (excludes halogenated alkanes) is 33. The van der Waals surface area contributed by atoms with Gasteiger partial charge in [-0.15, -0.1) is 0 Å². The van der Waals surface area contributed by atoms with Crippen LogP contribution in [-0.2, 0) is 65.4 Å². The van der Waals surface area contributed by atoms with Crippen LogP contribution < -0.4 is 0 Å². The molecule has 3 N–H and O–H groups in total. The quantitative estimate of drug-likeness (QED) is 0.0222. The van der Waals surface area contributed by atoms with Crippen LogP contribution in [0.4, 0.5) is 0 Å². The van der Waals surface area contributed by atoms with Crippen molar-refractivity contribution in [1.82, 2.24) is 0 Å². The van der Waals surface area contributed by atoms with Gasteiger partial charge in [-0.1, -0.05) is 259 Å². The van der Waals surface area contributed by atoms with Gasteiger partial charge in [0, 0.05) is 25.7 Å². The maximum absolute atomic E-state index is 13.0. The summed E-state index contributed by atoms with van der Waals surface area (Å²) in [5.41, 5.74) is 0. The van der Waals surface area contributed by atoms with E-state index in [0.717, 1.165) is 115 Å². The SMILES string of the molecule is CCCCCCCCCCCCCCCCCCCCC(=O)O[C@H](COC(=O)CCCCCCCCC(C)CC)COP(=O)(O)OC[C@@H](O)COP(=O)(O)OC[C@@H](COC(=O)CCCCCCC)OC(=O)CCCCCCCCCC. The summed E-state index contributed by atoms with van der Waals surface area (Å²) < 4.78 is 67.6. The van der Waals surface area contributed by atoms with E-state index in [1.165, 1.54) is 116 Å². The number of carbonyl (C=O) groups is 4. The van der Waals surface area contributed by atoms with Gasteiger partial charge in [-0.2, -0.15) is 0 Å². The van der Waals surface area contributed by atoms with Crippen molar-refractivity contribution in [2.24, 2.45) is 5.92 Å². The molecule has 0 aromatic heterocycles. The molecule has 0 saturated carbocycles. The van der Waals surface area contributed by atoms with Crippen molar-refractivity contribution in [2.45, 2.75) is 329 Å². The lowest BCUT2D eigenvalue weighted by Gasteiger charge is -2.21. The molecular formula is C62H120O17P2. The molecule has 480 valence electrons. The second-order valence-electron chi connectivity index (χ2n) is 22.7. The van der Waals surface area contributed by atoms with Crippen molar-refractivity contribution in [2.75, 3.05) is 39.6 Å². The molecule has 0 aromatic rings. The average molecular weight is 1200 g/mol. The Morgan fingerprint density at radius 2 is 0.593 bits per heavy atom. The van der Waals surface area contributed by atoms with Gasteiger partial charge in [-0.05, 0) is 31.6 Å². The molecule has 0 aliphatic heterocycles. The van der Waals surface area contributed by atoms with Crippen LogP contribution in [0.15, 0.2) is 0 Å². The van der Waals surface area contributed by atoms with E-state index in [4.69, 9.17) is 37.0 Å². The zero-order chi connectivity index (χ0) is 59.9. The molecule has 0 rings (SSSR count). The average Bonchev–Trinajstić information content (AvgIpc) is 3.44. The van der Waals surface area contributed by atoms with Crippen LogP contribution in [0.25, 0.3) is 0 Å². The molecule has 81 heavy (non-hydrogen) atoms. The highest BCUT2D eigenvalue weighted by molar-refractivity contribution is 7.47. The molecule has 0 radical (unpaired) electrons. The summed E-state index contributed by atoms with van der Waals surface area (Å²) in [6.45, 7) is 7.02. The lowest BCUT2D eigenvalue weighted by atomic mass is 10.00. The normalized spacial score (nSPS) is 14.6. The Bertz CT molecular complexity index is 1590. The molecule has 17 nitrogen and oxygen atoms in total. The summed E-state index contributed by atoms with van der Waals surface area (Å²) >= 11 is 0. The standard InChI is InChI=1S/C62H120O17P2/c1-6-10-13-16-18-20-21-22-23-24-25-26-27-28-29-31-38-43-48-62(67)79-58(52-73-60(65)46-41-36-33-32-35-39-44-55(5)9-4)54-77-81(70,71)75-50-56(63)49-74-80(68,69)76-53-57(51-72-59(64)45-40-34-15-12-8-3)78-61(66)47-42-37-30-19-17-14-11-7-2/h55-58,63H,6-54H2,1-5H3,(H,68,69)(H,70,71)/t55?,56-,57+,58+/m0/s1. The predicted molar refractivity (Wildman–Crippen MR) is 322 cm³/mol. The molecule has 0 spiro atoms. The Morgan fingerprint density at radius 1 is 0.346 bits per heavy atom. The molecule has 0 aliphatic carbocycles. The summed E-state index contributed by atoms with van der Waals surface area (Å²) in [5, 5.41) is 10.5. The zero-order valence-electron chi connectivity index (χ0n) is 51.9. The van der Waals surface area contributed by atoms with E-state index in [1.54, 1.807) is 0 Å². The lowest BCUT2D eigenvalue weighted by molar-refractivity contribution is -0.161. The molecule has 0 bridgehead atoms. The van der Waals surface area contributed by atoms with Gasteiger partial charge >= 0.3 is 39.5 Å². The van der Waals surface area contributed by atoms with E-state index in [0.29, 0.717) is 25.7 Å². The van der Waals surface area contributed by atoms with Crippen molar-refractivity contribution >= 4 is 39.5 Å². The number of esters is 4. The molecule has 0 aliphatic rings. The first-order chi connectivity index (χ1) is 39.1. The molecule has 3 unspecified atom stereocenters. The summed E-state index contributed by atoms with van der Waals surface area (Å²) in [5.74, 6) is -1.42. The summed E-state index contributed by atoms with van der Waals surface area (Å²) in [4.78, 5) is 71.8. The number of hydrogen-bond acceptors (Lipinski definition) is 15. The highest BCUT2D eigenvalue weighted by Gasteiger charge is 2.30. The van der Waals surface area contributed by atoms with Crippen LogP contribution in [0.1, 0.15) is 311 Å². The van der Waals surface area contributed by atoms with E-state index in [2.05, 4.69) is 34.6 Å². The van der Waals surface area contributed by atoms with Crippen molar-refractivity contribution in [3.8, 4) is 0 Å². The number of rotatable bonds is 62. The number of phosphoric acid groups is 2. The van der Waals surface area contributed by atoms with Crippen LogP contribution in [0.3, 0.4) is 0 Å². The molecule has 0 amide bonds. The highest BCUT2D eigenvalue weighted by Crippen LogP contribution is 2.45. The van der Waals surface area contributed by atoms with Gasteiger partial charge in [0.05, 0.1) is 26.4 Å². The number of carbonyl (C=O) groups excluding carboxylic acids is 4. The molecule has 0 heterocycles. The Morgan fingerprint density at radius 3 is 0.877 bits per heavy atom. The Balaban J connectivity index is 5.12. The van der Waals surface area contributed by atoms with Gasteiger partial charge in [0.1, 0.15) is 19.3 Å². The largest absolute Gasteiger partial charge is 0.472 e. The van der Waals surface area contributed by atoms with Gasteiger partial charge < -0.3 is 33.8 Å². The minimum atomic E-state index is -4.94. The number of phosphoric ester groups is 2. The van der Waals surface area contributed by atoms with Crippen LogP contribution in [0.2, 0.25) is 0 Å². The number of aliphatic hydroxyl groups excluding tert-OH is 1. The van der Waals surface area contributed by atoms with Gasteiger partial charge in [0.2, 0.25) is 0 Å². The highest BCUT2D eigenvalue weighted by atomic mass is 31.2. The lowest BCUT2D eigenvalue weighted by Crippen LogP contribution is -2.30. The Kier molecular flexibility index (Phi) is 54.6. The molecule has 0 aromatic carbocycles. The van der Waals surface area contributed by atoms with Crippen molar-refractivity contribution in [1.29, 1.82) is 0 Å². The third-order valence-electron chi connectivity index (χ3n) is 14.6. The first-order valence-corrected chi connectivity index (χ1v) is 35.7. The fourth-order valence-corrected chi connectivity index (χ4v) is 10.8. The first-order valence-electron chi connectivity index (χ1n) is 32.7. The minimum absolute atomic E-state index is 0.104. The number of aliphatic hydroxyl groups is 1. The number of hydrogen-bond donors (Lipinski definition) is 3. The van der Waals surface area contributed by atoms with E-state index >= 15 is 0 Å². The van der Waals surface area contributed by atoms with Crippen molar-refractivity contribution in [3.05, 3.63) is 0 Å². The topological polar surface area (TPSA) is 237 Å². The van der Waals surface area contributed by atoms with Crippen LogP contribution >= 0.6 is 15.6 Å². The molecule has 6 atom stereocenters. The maximum atomic E-state index is 13.0. The van der Waals surface area contributed by atoms with Crippen molar-refractivity contribution in [3.63, 3.8) is 0 Å². The smallest absolute Gasteiger partial charge is 0.462 e. The van der Waals surface area contributed by atoms with E-state index in [1.807, 2.05) is 0 Å². The Hall–Kier alpha value is -1.94. The van der Waals surface area contributed by atoms with E-state index in [-0.39, 0.29) is 25.7 Å². The van der Waals surface area contributed by atoms with Crippen LogP contribution in [-0.4, -0.2) is 96.7 Å². The van der Waals surface area contributed by atoms with Crippen LogP contribution in [0.5, 0.6) is 0 Å². The summed E-state index contributed by atoms with van der Waals surface area (Å²) in [6.07, 6.45) is 39.5. The molecule has 0 saturated heterocycles. The van der Waals surface area contributed by atoms with Gasteiger partial charge in [-0.3, -0.25) is 37.3 Å². The zero-order valence-corrected chi connectivity index (χ0v) is 53.7. The monoisotopic (exact) mass is 1200 g/mol. The Labute approximate surface area is 492 Å². The van der Waals surface area contributed by atoms with Gasteiger partial charge in [0.15, 0.2) is 12.2 Å².